The van der Waals surface area contributed by atoms with Gasteiger partial charge in [-0.15, -0.1) is 0 Å². The lowest BCUT2D eigenvalue weighted by molar-refractivity contribution is 0.105. The van der Waals surface area contributed by atoms with Crippen LogP contribution in [0.3, 0.4) is 0 Å². The zero-order chi connectivity index (χ0) is 18.5. The zero-order valence-electron chi connectivity index (χ0n) is 13.1. The highest BCUT2D eigenvalue weighted by atomic mass is 35.5. The minimum Gasteiger partial charge on any atom is -0.356 e. The van der Waals surface area contributed by atoms with Crippen LogP contribution in [0.2, 0.25) is 5.02 Å². The largest absolute Gasteiger partial charge is 0.356 e. The smallest absolute Gasteiger partial charge is 0.245 e. The molecular weight excluding hydrogens is 359 g/mol. The van der Waals surface area contributed by atoms with Crippen LogP contribution in [0, 0.1) is 17.1 Å². The van der Waals surface area contributed by atoms with E-state index < -0.39 is 17.3 Å². The molecule has 26 heavy (non-hydrogen) atoms. The topological polar surface area (TPSA) is 91.3 Å². The molecule has 1 heterocycles. The summed E-state index contributed by atoms with van der Waals surface area (Å²) < 4.78 is 18.1. The Morgan fingerprint density at radius 2 is 2.00 bits per heavy atom. The highest BCUT2D eigenvalue weighted by Gasteiger charge is 2.19. The van der Waals surface area contributed by atoms with E-state index in [1.165, 1.54) is 30.3 Å². The number of rotatable bonds is 5. The van der Waals surface area contributed by atoms with Gasteiger partial charge in [0, 0.05) is 16.7 Å². The van der Waals surface area contributed by atoms with Crippen LogP contribution in [-0.2, 0) is 0 Å². The van der Waals surface area contributed by atoms with E-state index in [2.05, 4.69) is 15.7 Å². The SMILES string of the molecule is N#CC(=NNc1cccc(Cl)c1)C(=O)c1cc(-c2ccc(F)cc2)on1. The van der Waals surface area contributed by atoms with Crippen LogP contribution in [0.4, 0.5) is 10.1 Å². The second-order valence-corrected chi connectivity index (χ2v) is 5.54. The fraction of sp³-hybridized carbons (Fsp3) is 0. The summed E-state index contributed by atoms with van der Waals surface area (Å²) in [5, 5.41) is 17.1. The van der Waals surface area contributed by atoms with E-state index in [0.29, 0.717) is 16.3 Å². The molecule has 128 valence electrons. The molecule has 0 amide bonds. The summed E-state index contributed by atoms with van der Waals surface area (Å²) in [4.78, 5) is 12.4. The number of Topliss-reactive ketones (excluding diaryl/α,β-unsaturated/α-hetero) is 1. The van der Waals surface area contributed by atoms with Crippen molar-refractivity contribution in [2.45, 2.75) is 0 Å². The Morgan fingerprint density at radius 3 is 2.69 bits per heavy atom. The zero-order valence-corrected chi connectivity index (χ0v) is 13.9. The van der Waals surface area contributed by atoms with Crippen LogP contribution in [0.15, 0.2) is 64.2 Å². The Morgan fingerprint density at radius 1 is 1.23 bits per heavy atom. The third kappa shape index (κ3) is 3.94. The highest BCUT2D eigenvalue weighted by molar-refractivity contribution is 6.51. The number of benzene rings is 2. The van der Waals surface area contributed by atoms with E-state index >= 15 is 0 Å². The van der Waals surface area contributed by atoms with E-state index in [9.17, 15) is 14.4 Å². The minimum atomic E-state index is -0.709. The van der Waals surface area contributed by atoms with Crippen LogP contribution in [0.5, 0.6) is 0 Å². The van der Waals surface area contributed by atoms with Gasteiger partial charge in [-0.05, 0) is 42.5 Å². The Bertz CT molecular complexity index is 1020. The standard InChI is InChI=1S/C18H10ClFN4O2/c19-12-2-1-3-14(8-12)22-23-16(10-21)18(25)15-9-17(26-24-15)11-4-6-13(20)7-5-11/h1-9,22H. The number of halogens is 2. The molecule has 0 aliphatic rings. The van der Waals surface area contributed by atoms with Gasteiger partial charge in [0.25, 0.3) is 0 Å². The van der Waals surface area contributed by atoms with Crippen molar-refractivity contribution in [1.29, 1.82) is 5.26 Å². The summed E-state index contributed by atoms with van der Waals surface area (Å²) in [6.07, 6.45) is 0. The normalized spacial score (nSPS) is 11.0. The van der Waals surface area contributed by atoms with Crippen LogP contribution in [-0.4, -0.2) is 16.7 Å². The van der Waals surface area contributed by atoms with Crippen LogP contribution in [0.25, 0.3) is 11.3 Å². The van der Waals surface area contributed by atoms with E-state index in [1.807, 2.05) is 0 Å². The summed E-state index contributed by atoms with van der Waals surface area (Å²) in [6, 6.07) is 15.2. The molecule has 0 spiro atoms. The van der Waals surface area contributed by atoms with E-state index in [4.69, 9.17) is 16.1 Å². The quantitative estimate of drug-likeness (QED) is 0.411. The first-order chi connectivity index (χ1) is 12.6. The molecule has 0 unspecified atom stereocenters. The first kappa shape index (κ1) is 17.3. The monoisotopic (exact) mass is 368 g/mol. The number of nitrogens with one attached hydrogen (secondary N) is 1. The van der Waals surface area contributed by atoms with Gasteiger partial charge in [-0.2, -0.15) is 10.4 Å². The number of hydrogen-bond acceptors (Lipinski definition) is 6. The molecule has 6 nitrogen and oxygen atoms in total. The lowest BCUT2D eigenvalue weighted by Crippen LogP contribution is -2.14. The molecule has 0 aliphatic carbocycles. The summed E-state index contributed by atoms with van der Waals surface area (Å²) in [5.41, 5.74) is 3.17. The van der Waals surface area contributed by atoms with Gasteiger partial charge in [0.15, 0.2) is 11.5 Å². The van der Waals surface area contributed by atoms with Crippen molar-refractivity contribution in [2.24, 2.45) is 5.10 Å². The summed E-state index contributed by atoms with van der Waals surface area (Å²) >= 11 is 5.86. The molecule has 8 heteroatoms. The molecule has 0 fully saturated rings. The first-order valence-electron chi connectivity index (χ1n) is 7.33. The van der Waals surface area contributed by atoms with Gasteiger partial charge in [-0.25, -0.2) is 4.39 Å². The average Bonchev–Trinajstić information content (AvgIpc) is 3.13. The number of anilines is 1. The van der Waals surface area contributed by atoms with Gasteiger partial charge in [0.1, 0.15) is 11.9 Å². The Kier molecular flexibility index (Phi) is 5.06. The number of hydrazone groups is 1. The maximum atomic E-state index is 13.0. The predicted octanol–water partition coefficient (Wildman–Crippen LogP) is 4.31. The second-order valence-electron chi connectivity index (χ2n) is 5.11. The predicted molar refractivity (Wildman–Crippen MR) is 94.4 cm³/mol. The molecule has 0 aliphatic heterocycles. The van der Waals surface area contributed by atoms with Gasteiger partial charge in [-0.1, -0.05) is 22.8 Å². The fourth-order valence-corrected chi connectivity index (χ4v) is 2.25. The minimum absolute atomic E-state index is 0.0856. The van der Waals surface area contributed by atoms with E-state index in [-0.39, 0.29) is 11.5 Å². The van der Waals surface area contributed by atoms with Gasteiger partial charge in [-0.3, -0.25) is 10.2 Å². The fourth-order valence-electron chi connectivity index (χ4n) is 2.06. The molecular formula is C18H10ClFN4O2. The summed E-state index contributed by atoms with van der Waals surface area (Å²) in [7, 11) is 0. The Balaban J connectivity index is 1.80. The molecule has 0 radical (unpaired) electrons. The molecule has 2 aromatic carbocycles. The number of nitriles is 1. The number of carbonyl (C=O) groups excluding carboxylic acids is 1. The summed E-state index contributed by atoms with van der Waals surface area (Å²) in [5.74, 6) is -0.830. The van der Waals surface area contributed by atoms with Crippen LogP contribution in [0.1, 0.15) is 10.5 Å². The molecule has 0 saturated heterocycles. The molecule has 1 N–H and O–H groups in total. The van der Waals surface area contributed by atoms with Gasteiger partial charge >= 0.3 is 0 Å². The van der Waals surface area contributed by atoms with E-state index in [1.54, 1.807) is 30.3 Å². The number of nitrogens with zero attached hydrogens (tertiary/aromatic N) is 3. The van der Waals surface area contributed by atoms with Crippen molar-refractivity contribution in [3.63, 3.8) is 0 Å². The van der Waals surface area contributed by atoms with Gasteiger partial charge in [0.2, 0.25) is 11.5 Å². The molecule has 0 saturated carbocycles. The molecule has 0 atom stereocenters. The number of hydrogen-bond donors (Lipinski definition) is 1. The van der Waals surface area contributed by atoms with Crippen LogP contribution >= 0.6 is 11.6 Å². The van der Waals surface area contributed by atoms with Gasteiger partial charge < -0.3 is 4.52 Å². The third-order valence-corrected chi connectivity index (χ3v) is 3.55. The van der Waals surface area contributed by atoms with Crippen molar-refractivity contribution in [3.05, 3.63) is 71.1 Å². The number of ketones is 1. The van der Waals surface area contributed by atoms with Crippen molar-refractivity contribution < 1.29 is 13.7 Å². The molecule has 0 bridgehead atoms. The highest BCUT2D eigenvalue weighted by Crippen LogP contribution is 2.21. The summed E-state index contributed by atoms with van der Waals surface area (Å²) in [6.45, 7) is 0. The van der Waals surface area contributed by atoms with Crippen molar-refractivity contribution in [3.8, 4) is 17.4 Å². The first-order valence-corrected chi connectivity index (χ1v) is 7.71. The Labute approximate surface area is 152 Å². The molecule has 3 rings (SSSR count). The van der Waals surface area contributed by atoms with Crippen LogP contribution < -0.4 is 5.43 Å². The van der Waals surface area contributed by atoms with Crippen molar-refractivity contribution in [1.82, 2.24) is 5.16 Å². The molecule has 1 aromatic heterocycles. The lowest BCUT2D eigenvalue weighted by atomic mass is 10.1. The number of aromatic nitrogens is 1. The number of carbonyl (C=O) groups is 1. The lowest BCUT2D eigenvalue weighted by Gasteiger charge is -2.00. The Hall–Kier alpha value is -3.50. The second kappa shape index (κ2) is 7.59. The molecule has 3 aromatic rings. The maximum Gasteiger partial charge on any atom is 0.245 e. The maximum absolute atomic E-state index is 13.0. The van der Waals surface area contributed by atoms with Crippen molar-refractivity contribution in [2.75, 3.05) is 5.43 Å². The third-order valence-electron chi connectivity index (χ3n) is 3.31. The average molecular weight is 369 g/mol. The van der Waals surface area contributed by atoms with E-state index in [0.717, 1.165) is 0 Å². The van der Waals surface area contributed by atoms with Crippen molar-refractivity contribution >= 4 is 28.8 Å². The van der Waals surface area contributed by atoms with Gasteiger partial charge in [0.05, 0.1) is 5.69 Å².